The summed E-state index contributed by atoms with van der Waals surface area (Å²) in [5.74, 6) is 0.935. The Labute approximate surface area is 160 Å². The van der Waals surface area contributed by atoms with Gasteiger partial charge in [0, 0.05) is 12.2 Å². The van der Waals surface area contributed by atoms with Gasteiger partial charge in [-0.2, -0.15) is 0 Å². The largest absolute Gasteiger partial charge is 0.508 e. The van der Waals surface area contributed by atoms with Crippen LogP contribution in [0.5, 0.6) is 5.75 Å². The van der Waals surface area contributed by atoms with Gasteiger partial charge in [-0.05, 0) is 68.1 Å². The zero-order valence-corrected chi connectivity index (χ0v) is 15.5. The fourth-order valence-electron chi connectivity index (χ4n) is 4.07. The number of piperidine rings is 1. The van der Waals surface area contributed by atoms with Crippen molar-refractivity contribution in [2.24, 2.45) is 5.92 Å². The molecule has 0 aromatic heterocycles. The van der Waals surface area contributed by atoms with E-state index in [2.05, 4.69) is 35.2 Å². The van der Waals surface area contributed by atoms with Crippen LogP contribution in [0.4, 0.5) is 10.5 Å². The lowest BCUT2D eigenvalue weighted by molar-refractivity contribution is 0.0914. The lowest BCUT2D eigenvalue weighted by Crippen LogP contribution is -2.40. The topological polar surface area (TPSA) is 53.0 Å². The van der Waals surface area contributed by atoms with Gasteiger partial charge >= 0.3 is 6.09 Å². The number of phenols is 1. The molecule has 27 heavy (non-hydrogen) atoms. The molecule has 2 heterocycles. The molecule has 2 aromatic rings. The van der Waals surface area contributed by atoms with Crippen molar-refractivity contribution >= 4 is 11.8 Å². The molecule has 4 rings (SSSR count). The van der Waals surface area contributed by atoms with Crippen LogP contribution in [-0.2, 0) is 11.2 Å². The second kappa shape index (κ2) is 8.01. The number of hydrogen-bond donors (Lipinski definition) is 1. The van der Waals surface area contributed by atoms with Gasteiger partial charge in [0.25, 0.3) is 0 Å². The first kappa shape index (κ1) is 17.9. The van der Waals surface area contributed by atoms with Crippen LogP contribution in [0.15, 0.2) is 54.6 Å². The number of carbonyl (C=O) groups is 1. The van der Waals surface area contributed by atoms with Gasteiger partial charge in [-0.15, -0.1) is 0 Å². The number of hydrogen-bond acceptors (Lipinski definition) is 4. The lowest BCUT2D eigenvalue weighted by atomic mass is 9.90. The number of phenolic OH excluding ortho intramolecular Hbond substituents is 1. The van der Waals surface area contributed by atoms with Gasteiger partial charge in [-0.25, -0.2) is 4.79 Å². The molecule has 0 bridgehead atoms. The molecule has 0 saturated carbocycles. The van der Waals surface area contributed by atoms with Crippen LogP contribution in [0.2, 0.25) is 0 Å². The summed E-state index contributed by atoms with van der Waals surface area (Å²) in [7, 11) is 0. The quantitative estimate of drug-likeness (QED) is 0.877. The molecule has 2 fully saturated rings. The molecule has 2 aliphatic heterocycles. The van der Waals surface area contributed by atoms with Gasteiger partial charge in [0.2, 0.25) is 0 Å². The zero-order valence-electron chi connectivity index (χ0n) is 15.5. The zero-order chi connectivity index (χ0) is 18.6. The summed E-state index contributed by atoms with van der Waals surface area (Å²) in [5.41, 5.74) is 2.19. The van der Waals surface area contributed by atoms with Crippen molar-refractivity contribution in [1.29, 1.82) is 0 Å². The van der Waals surface area contributed by atoms with Crippen molar-refractivity contribution in [1.82, 2.24) is 4.90 Å². The van der Waals surface area contributed by atoms with Crippen LogP contribution in [0.1, 0.15) is 18.4 Å². The minimum atomic E-state index is -0.301. The number of cyclic esters (lactones) is 1. The minimum absolute atomic E-state index is 0.100. The van der Waals surface area contributed by atoms with Crippen molar-refractivity contribution < 1.29 is 14.6 Å². The Morgan fingerprint density at radius 1 is 1.00 bits per heavy atom. The number of aromatic hydroxyl groups is 1. The highest BCUT2D eigenvalue weighted by atomic mass is 16.6. The lowest BCUT2D eigenvalue weighted by Gasteiger charge is -2.33. The first-order valence-electron chi connectivity index (χ1n) is 9.71. The van der Waals surface area contributed by atoms with E-state index < -0.39 is 0 Å². The maximum absolute atomic E-state index is 12.2. The molecule has 5 heteroatoms. The van der Waals surface area contributed by atoms with Crippen LogP contribution in [-0.4, -0.2) is 48.4 Å². The maximum Gasteiger partial charge on any atom is 0.414 e. The average molecular weight is 366 g/mol. The summed E-state index contributed by atoms with van der Waals surface area (Å²) in [6, 6.07) is 17.4. The average Bonchev–Trinajstić information content (AvgIpc) is 3.05. The fraction of sp³-hybridized carbons (Fsp3) is 0.409. The minimum Gasteiger partial charge on any atom is -0.508 e. The van der Waals surface area contributed by atoms with E-state index >= 15 is 0 Å². The number of carbonyl (C=O) groups excluding carboxylic acids is 1. The van der Waals surface area contributed by atoms with Crippen LogP contribution < -0.4 is 4.90 Å². The van der Waals surface area contributed by atoms with Crippen molar-refractivity contribution in [3.8, 4) is 5.75 Å². The number of benzene rings is 2. The molecule has 142 valence electrons. The molecule has 2 saturated heterocycles. The van der Waals surface area contributed by atoms with Crippen LogP contribution >= 0.6 is 0 Å². The van der Waals surface area contributed by atoms with Crippen molar-refractivity contribution in [2.75, 3.05) is 31.1 Å². The summed E-state index contributed by atoms with van der Waals surface area (Å²) in [6.45, 7) is 3.47. The first-order chi connectivity index (χ1) is 13.2. The molecular formula is C22H26N2O3. The summed E-state index contributed by atoms with van der Waals surface area (Å²) >= 11 is 0. The van der Waals surface area contributed by atoms with Crippen molar-refractivity contribution in [3.63, 3.8) is 0 Å². The van der Waals surface area contributed by atoms with E-state index in [-0.39, 0.29) is 17.9 Å². The van der Waals surface area contributed by atoms with Crippen LogP contribution in [0.3, 0.4) is 0 Å². The third-order valence-electron chi connectivity index (χ3n) is 5.57. The summed E-state index contributed by atoms with van der Waals surface area (Å²) in [4.78, 5) is 16.3. The molecule has 2 aromatic carbocycles. The Bertz CT molecular complexity index is 755. The van der Waals surface area contributed by atoms with E-state index in [0.717, 1.165) is 37.7 Å². The first-order valence-corrected chi connectivity index (χ1v) is 9.71. The van der Waals surface area contributed by atoms with Gasteiger partial charge in [-0.1, -0.05) is 30.3 Å². The monoisotopic (exact) mass is 366 g/mol. The number of anilines is 1. The van der Waals surface area contributed by atoms with E-state index in [1.54, 1.807) is 29.2 Å². The molecule has 1 N–H and O–H groups in total. The second-order valence-electron chi connectivity index (χ2n) is 7.57. The highest BCUT2D eigenvalue weighted by molar-refractivity contribution is 5.89. The smallest absolute Gasteiger partial charge is 0.414 e. The molecule has 2 aliphatic rings. The fourth-order valence-corrected chi connectivity index (χ4v) is 4.07. The van der Waals surface area contributed by atoms with Gasteiger partial charge in [0.15, 0.2) is 0 Å². The number of ether oxygens (including phenoxy) is 1. The Kier molecular flexibility index (Phi) is 5.30. The Morgan fingerprint density at radius 3 is 2.41 bits per heavy atom. The Hall–Kier alpha value is -2.53. The normalized spacial score (nSPS) is 21.4. The van der Waals surface area contributed by atoms with Gasteiger partial charge < -0.3 is 9.84 Å². The predicted octanol–water partition coefficient (Wildman–Crippen LogP) is 3.67. The highest BCUT2D eigenvalue weighted by Gasteiger charge is 2.34. The summed E-state index contributed by atoms with van der Waals surface area (Å²) in [6.07, 6.45) is 3.14. The molecule has 1 atom stereocenters. The van der Waals surface area contributed by atoms with E-state index in [9.17, 15) is 9.90 Å². The number of likely N-dealkylation sites (tertiary alicyclic amines) is 1. The molecule has 1 unspecified atom stereocenters. The van der Waals surface area contributed by atoms with Crippen molar-refractivity contribution in [3.05, 3.63) is 60.2 Å². The van der Waals surface area contributed by atoms with Crippen LogP contribution in [0, 0.1) is 5.92 Å². The highest BCUT2D eigenvalue weighted by Crippen LogP contribution is 2.26. The van der Waals surface area contributed by atoms with Gasteiger partial charge in [0.1, 0.15) is 11.9 Å². The summed E-state index contributed by atoms with van der Waals surface area (Å²) in [5, 5.41) is 9.41. The van der Waals surface area contributed by atoms with E-state index in [0.29, 0.717) is 6.54 Å². The molecule has 0 radical (unpaired) electrons. The standard InChI is InChI=1S/C22H26N2O3/c25-20-8-6-19(7-9-20)24-16-21(27-22(24)26)15-23-12-10-18(11-13-23)14-17-4-2-1-3-5-17/h1-9,18,21,25H,10-16H2. The molecule has 1 amide bonds. The van der Waals surface area contributed by atoms with Gasteiger partial charge in [0.05, 0.1) is 6.54 Å². The predicted molar refractivity (Wildman–Crippen MR) is 105 cm³/mol. The van der Waals surface area contributed by atoms with E-state index in [4.69, 9.17) is 4.74 Å². The Balaban J connectivity index is 1.26. The SMILES string of the molecule is O=C1OC(CN2CCC(Cc3ccccc3)CC2)CN1c1ccc(O)cc1. The third kappa shape index (κ3) is 4.42. The van der Waals surface area contributed by atoms with E-state index in [1.807, 2.05) is 0 Å². The third-order valence-corrected chi connectivity index (χ3v) is 5.57. The van der Waals surface area contributed by atoms with Crippen molar-refractivity contribution in [2.45, 2.75) is 25.4 Å². The number of nitrogens with zero attached hydrogens (tertiary/aromatic N) is 2. The molecular weight excluding hydrogens is 340 g/mol. The molecule has 5 nitrogen and oxygen atoms in total. The maximum atomic E-state index is 12.2. The van der Waals surface area contributed by atoms with Gasteiger partial charge in [-0.3, -0.25) is 9.80 Å². The molecule has 0 aliphatic carbocycles. The van der Waals surface area contributed by atoms with Crippen LogP contribution in [0.25, 0.3) is 0 Å². The Morgan fingerprint density at radius 2 is 1.70 bits per heavy atom. The van der Waals surface area contributed by atoms with E-state index in [1.165, 1.54) is 18.4 Å². The summed E-state index contributed by atoms with van der Waals surface area (Å²) < 4.78 is 5.57. The second-order valence-corrected chi connectivity index (χ2v) is 7.57. The number of amides is 1. The number of rotatable bonds is 5. The molecule has 0 spiro atoms.